The second kappa shape index (κ2) is 5.29. The van der Waals surface area contributed by atoms with Crippen LogP contribution in [0.5, 0.6) is 0 Å². The first-order chi connectivity index (χ1) is 8.10. The van der Waals surface area contributed by atoms with Crippen molar-refractivity contribution in [2.24, 2.45) is 0 Å². The van der Waals surface area contributed by atoms with E-state index in [9.17, 15) is 4.39 Å². The topological polar surface area (TPSA) is 12.0 Å². The van der Waals surface area contributed by atoms with Crippen LogP contribution in [0.1, 0.15) is 22.0 Å². The molecule has 0 saturated heterocycles. The standard InChI is InChI=1S/C13H13BrFNS/c1-8-5-9(7-10(15)6-8)13(16-2)11-3-4-12(14)17-11/h3-7,13,16H,1-2H3. The van der Waals surface area contributed by atoms with Crippen LogP contribution in [0.4, 0.5) is 4.39 Å². The Morgan fingerprint density at radius 1 is 1.29 bits per heavy atom. The maximum atomic E-state index is 13.4. The van der Waals surface area contributed by atoms with Gasteiger partial charge in [-0.3, -0.25) is 0 Å². The minimum Gasteiger partial charge on any atom is -0.309 e. The van der Waals surface area contributed by atoms with Crippen molar-refractivity contribution in [1.29, 1.82) is 0 Å². The van der Waals surface area contributed by atoms with E-state index in [0.29, 0.717) is 0 Å². The summed E-state index contributed by atoms with van der Waals surface area (Å²) in [6.45, 7) is 1.91. The Bertz CT molecular complexity index is 504. The predicted molar refractivity (Wildman–Crippen MR) is 74.1 cm³/mol. The molecule has 17 heavy (non-hydrogen) atoms. The first kappa shape index (κ1) is 12.7. The number of benzene rings is 1. The van der Waals surface area contributed by atoms with E-state index in [1.807, 2.05) is 26.1 Å². The molecule has 1 heterocycles. The largest absolute Gasteiger partial charge is 0.309 e. The van der Waals surface area contributed by atoms with E-state index in [1.165, 1.54) is 4.88 Å². The molecular weight excluding hydrogens is 301 g/mol. The van der Waals surface area contributed by atoms with Crippen molar-refractivity contribution in [2.45, 2.75) is 13.0 Å². The van der Waals surface area contributed by atoms with Gasteiger partial charge >= 0.3 is 0 Å². The number of nitrogens with one attached hydrogen (secondary N) is 1. The highest BCUT2D eigenvalue weighted by molar-refractivity contribution is 9.11. The van der Waals surface area contributed by atoms with E-state index < -0.39 is 0 Å². The first-order valence-corrected chi connectivity index (χ1v) is 6.90. The van der Waals surface area contributed by atoms with Crippen molar-refractivity contribution in [3.8, 4) is 0 Å². The molecule has 1 N–H and O–H groups in total. The molecule has 1 aromatic carbocycles. The van der Waals surface area contributed by atoms with Crippen LogP contribution in [0.15, 0.2) is 34.1 Å². The Labute approximate surface area is 113 Å². The molecule has 0 fully saturated rings. The number of rotatable bonds is 3. The van der Waals surface area contributed by atoms with Crippen molar-refractivity contribution >= 4 is 27.3 Å². The average molecular weight is 314 g/mol. The molecule has 1 atom stereocenters. The highest BCUT2D eigenvalue weighted by Gasteiger charge is 2.15. The van der Waals surface area contributed by atoms with Gasteiger partial charge in [0, 0.05) is 4.88 Å². The summed E-state index contributed by atoms with van der Waals surface area (Å²) < 4.78 is 14.5. The van der Waals surface area contributed by atoms with Crippen LogP contribution in [0, 0.1) is 12.7 Å². The Balaban J connectivity index is 2.41. The molecule has 1 unspecified atom stereocenters. The average Bonchev–Trinajstić information content (AvgIpc) is 2.64. The lowest BCUT2D eigenvalue weighted by molar-refractivity contribution is 0.616. The molecule has 1 aromatic heterocycles. The van der Waals surface area contributed by atoms with Gasteiger partial charge in [-0.2, -0.15) is 0 Å². The van der Waals surface area contributed by atoms with Crippen molar-refractivity contribution in [1.82, 2.24) is 5.32 Å². The van der Waals surface area contributed by atoms with Gasteiger partial charge in [-0.15, -0.1) is 11.3 Å². The van der Waals surface area contributed by atoms with E-state index in [1.54, 1.807) is 23.5 Å². The SMILES string of the molecule is CNC(c1cc(C)cc(F)c1)c1ccc(Br)s1. The Morgan fingerprint density at radius 2 is 2.06 bits per heavy atom. The van der Waals surface area contributed by atoms with Crippen LogP contribution in [0.3, 0.4) is 0 Å². The monoisotopic (exact) mass is 313 g/mol. The van der Waals surface area contributed by atoms with Gasteiger partial charge in [0.15, 0.2) is 0 Å². The molecule has 4 heteroatoms. The van der Waals surface area contributed by atoms with Gasteiger partial charge in [0.2, 0.25) is 0 Å². The molecule has 2 rings (SSSR count). The number of thiophene rings is 1. The molecule has 2 aromatic rings. The Hall–Kier alpha value is -0.710. The van der Waals surface area contributed by atoms with Crippen LogP contribution in [0.2, 0.25) is 0 Å². The smallest absolute Gasteiger partial charge is 0.123 e. The van der Waals surface area contributed by atoms with Crippen molar-refractivity contribution < 1.29 is 4.39 Å². The van der Waals surface area contributed by atoms with Gasteiger partial charge in [-0.25, -0.2) is 4.39 Å². The summed E-state index contributed by atoms with van der Waals surface area (Å²) >= 11 is 5.11. The van der Waals surface area contributed by atoms with Gasteiger partial charge in [-0.05, 0) is 65.3 Å². The summed E-state index contributed by atoms with van der Waals surface area (Å²) in [5, 5.41) is 3.23. The molecule has 0 aliphatic rings. The third-order valence-electron chi connectivity index (χ3n) is 2.56. The summed E-state index contributed by atoms with van der Waals surface area (Å²) in [5.74, 6) is -0.184. The van der Waals surface area contributed by atoms with Crippen LogP contribution >= 0.6 is 27.3 Å². The van der Waals surface area contributed by atoms with Crippen molar-refractivity contribution in [3.05, 3.63) is 55.9 Å². The fourth-order valence-corrected chi connectivity index (χ4v) is 3.45. The highest BCUT2D eigenvalue weighted by Crippen LogP contribution is 2.31. The minimum absolute atomic E-state index is 0.0423. The predicted octanol–water partition coefficient (Wildman–Crippen LogP) is 4.27. The van der Waals surface area contributed by atoms with E-state index in [-0.39, 0.29) is 11.9 Å². The lowest BCUT2D eigenvalue weighted by Gasteiger charge is -2.15. The highest BCUT2D eigenvalue weighted by atomic mass is 79.9. The fourth-order valence-electron chi connectivity index (χ4n) is 1.89. The maximum Gasteiger partial charge on any atom is 0.123 e. The first-order valence-electron chi connectivity index (χ1n) is 5.29. The second-order valence-corrected chi connectivity index (χ2v) is 6.42. The van der Waals surface area contributed by atoms with E-state index in [0.717, 1.165) is 14.9 Å². The summed E-state index contributed by atoms with van der Waals surface area (Å²) in [4.78, 5) is 1.17. The molecule has 0 aliphatic carbocycles. The molecule has 0 saturated carbocycles. The summed E-state index contributed by atoms with van der Waals surface area (Å²) in [6, 6.07) is 9.24. The quantitative estimate of drug-likeness (QED) is 0.892. The van der Waals surface area contributed by atoms with Crippen LogP contribution in [-0.4, -0.2) is 7.05 Å². The van der Waals surface area contributed by atoms with Crippen LogP contribution in [-0.2, 0) is 0 Å². The van der Waals surface area contributed by atoms with Crippen molar-refractivity contribution in [2.75, 3.05) is 7.05 Å². The van der Waals surface area contributed by atoms with Crippen LogP contribution in [0.25, 0.3) is 0 Å². The van der Waals surface area contributed by atoms with E-state index in [2.05, 4.69) is 27.3 Å². The third-order valence-corrected chi connectivity index (χ3v) is 4.25. The maximum absolute atomic E-state index is 13.4. The van der Waals surface area contributed by atoms with E-state index >= 15 is 0 Å². The molecular formula is C13H13BrFNS. The number of hydrogen-bond donors (Lipinski definition) is 1. The number of aryl methyl sites for hydroxylation is 1. The molecule has 0 radical (unpaired) electrons. The zero-order valence-electron chi connectivity index (χ0n) is 9.63. The van der Waals surface area contributed by atoms with Gasteiger partial charge in [0.05, 0.1) is 9.83 Å². The van der Waals surface area contributed by atoms with Crippen LogP contribution < -0.4 is 5.32 Å². The molecule has 0 amide bonds. The molecule has 1 nitrogen and oxygen atoms in total. The summed E-state index contributed by atoms with van der Waals surface area (Å²) in [5.41, 5.74) is 1.90. The Morgan fingerprint density at radius 3 is 2.59 bits per heavy atom. The second-order valence-electron chi connectivity index (χ2n) is 3.93. The number of halogens is 2. The summed E-state index contributed by atoms with van der Waals surface area (Å²) in [6.07, 6.45) is 0. The van der Waals surface area contributed by atoms with Gasteiger partial charge < -0.3 is 5.32 Å². The van der Waals surface area contributed by atoms with Gasteiger partial charge in [0.1, 0.15) is 5.82 Å². The molecule has 90 valence electrons. The third kappa shape index (κ3) is 2.94. The normalized spacial score (nSPS) is 12.7. The molecule has 0 bridgehead atoms. The van der Waals surface area contributed by atoms with Gasteiger partial charge in [-0.1, -0.05) is 6.07 Å². The fraction of sp³-hybridized carbons (Fsp3) is 0.231. The van der Waals surface area contributed by atoms with E-state index in [4.69, 9.17) is 0 Å². The Kier molecular flexibility index (Phi) is 3.97. The minimum atomic E-state index is -0.184. The molecule has 0 spiro atoms. The summed E-state index contributed by atoms with van der Waals surface area (Å²) in [7, 11) is 1.89. The molecule has 0 aliphatic heterocycles. The number of hydrogen-bond acceptors (Lipinski definition) is 2. The zero-order valence-corrected chi connectivity index (χ0v) is 12.0. The van der Waals surface area contributed by atoms with Crippen molar-refractivity contribution in [3.63, 3.8) is 0 Å². The lowest BCUT2D eigenvalue weighted by Crippen LogP contribution is -2.16. The zero-order chi connectivity index (χ0) is 12.4. The lowest BCUT2D eigenvalue weighted by atomic mass is 10.0. The van der Waals surface area contributed by atoms with Gasteiger partial charge in [0.25, 0.3) is 0 Å².